The zero-order valence-corrected chi connectivity index (χ0v) is 29.7. The number of nitrogens with zero attached hydrogens (tertiary/aromatic N) is 3. The summed E-state index contributed by atoms with van der Waals surface area (Å²) in [7, 11) is -3.91. The second-order valence-corrected chi connectivity index (χ2v) is 16.7. The van der Waals surface area contributed by atoms with Crippen molar-refractivity contribution >= 4 is 50.8 Å². The van der Waals surface area contributed by atoms with E-state index in [4.69, 9.17) is 9.47 Å². The number of alkyl carbamates (subject to hydrolysis) is 1. The Hall–Kier alpha value is -4.60. The molecule has 6 rings (SSSR count). The van der Waals surface area contributed by atoms with E-state index in [2.05, 4.69) is 25.3 Å². The van der Waals surface area contributed by atoms with Gasteiger partial charge in [-0.15, -0.1) is 0 Å². The molecule has 1 saturated heterocycles. The predicted molar refractivity (Wildman–Crippen MR) is 183 cm³/mol. The summed E-state index contributed by atoms with van der Waals surface area (Å²) in [6.07, 6.45) is 9.06. The second kappa shape index (κ2) is 14.2. The Morgan fingerprint density at radius 1 is 1.02 bits per heavy atom. The predicted octanol–water partition coefficient (Wildman–Crippen LogP) is 2.65. The van der Waals surface area contributed by atoms with Crippen LogP contribution in [0, 0.1) is 5.92 Å². The molecule has 3 fully saturated rings. The molecule has 5 atom stereocenters. The van der Waals surface area contributed by atoms with Crippen molar-refractivity contribution in [2.24, 2.45) is 5.92 Å². The van der Waals surface area contributed by atoms with Crippen LogP contribution in [0.4, 0.5) is 4.79 Å². The lowest BCUT2D eigenvalue weighted by Gasteiger charge is -2.30. The Kier molecular flexibility index (Phi) is 10.1. The fourth-order valence-corrected chi connectivity index (χ4v) is 7.97. The van der Waals surface area contributed by atoms with Crippen LogP contribution in [0.1, 0.15) is 88.9 Å². The van der Waals surface area contributed by atoms with Crippen molar-refractivity contribution in [2.75, 3.05) is 6.54 Å². The highest BCUT2D eigenvalue weighted by molar-refractivity contribution is 7.91. The Balaban J connectivity index is 1.27. The molecule has 4 amide bonds. The van der Waals surface area contributed by atoms with E-state index in [-0.39, 0.29) is 31.4 Å². The van der Waals surface area contributed by atoms with Crippen LogP contribution in [0.5, 0.6) is 0 Å². The second-order valence-electron chi connectivity index (χ2n) is 14.7. The number of aromatic nitrogens is 2. The van der Waals surface area contributed by atoms with Gasteiger partial charge in [0.25, 0.3) is 5.91 Å². The van der Waals surface area contributed by atoms with Crippen LogP contribution in [0.25, 0.3) is 11.0 Å². The van der Waals surface area contributed by atoms with Gasteiger partial charge in [0.1, 0.15) is 29.3 Å². The number of nitrogens with one attached hydrogen (secondary N) is 3. The van der Waals surface area contributed by atoms with E-state index in [0.717, 1.165) is 12.8 Å². The maximum absolute atomic E-state index is 14.3. The Labute approximate surface area is 296 Å². The first-order valence-electron chi connectivity index (χ1n) is 17.4. The molecular formula is C35H44N6O9S. The zero-order chi connectivity index (χ0) is 36.6. The summed E-state index contributed by atoms with van der Waals surface area (Å²) < 4.78 is 38.9. The van der Waals surface area contributed by atoms with E-state index >= 15 is 0 Å². The molecule has 2 aliphatic carbocycles. The molecule has 0 spiro atoms. The highest BCUT2D eigenvalue weighted by Gasteiger charge is 2.62. The number of fused-ring (bicyclic) bond motifs is 3. The SMILES string of the molecule is CC(C)(C)OC(=O)NC1CCCCC/C=C\C2CC2(C(=O)NS(=O)(=O)C2CC2)NC(=O)C2CC(OC(=O)c3ccc4nccnc4c3)CN2C1=O. The summed E-state index contributed by atoms with van der Waals surface area (Å²) in [5.41, 5.74) is -1.10. The van der Waals surface area contributed by atoms with Crippen LogP contribution in [0.15, 0.2) is 42.7 Å². The third-order valence-electron chi connectivity index (χ3n) is 9.51. The summed E-state index contributed by atoms with van der Waals surface area (Å²) in [6, 6.07) is 2.46. The molecule has 16 heteroatoms. The average molecular weight is 725 g/mol. The minimum absolute atomic E-state index is 0.103. The number of allylic oxidation sites excluding steroid dienone is 1. The van der Waals surface area contributed by atoms with E-state index < -0.39 is 80.3 Å². The van der Waals surface area contributed by atoms with E-state index in [0.29, 0.717) is 36.7 Å². The minimum atomic E-state index is -3.91. The molecule has 2 saturated carbocycles. The van der Waals surface area contributed by atoms with Gasteiger partial charge in [-0.1, -0.05) is 25.0 Å². The van der Waals surface area contributed by atoms with Gasteiger partial charge in [-0.25, -0.2) is 18.0 Å². The molecule has 4 aliphatic rings. The monoisotopic (exact) mass is 724 g/mol. The van der Waals surface area contributed by atoms with E-state index in [1.54, 1.807) is 32.9 Å². The summed E-state index contributed by atoms with van der Waals surface area (Å²) in [4.78, 5) is 78.0. The lowest BCUT2D eigenvalue weighted by molar-refractivity contribution is -0.141. The molecule has 5 unspecified atom stereocenters. The third kappa shape index (κ3) is 8.48. The summed E-state index contributed by atoms with van der Waals surface area (Å²) in [5, 5.41) is 4.83. The molecule has 2 aliphatic heterocycles. The number of hydrogen-bond donors (Lipinski definition) is 3. The first-order chi connectivity index (χ1) is 24.1. The van der Waals surface area contributed by atoms with Crippen LogP contribution in [0.3, 0.4) is 0 Å². The highest BCUT2D eigenvalue weighted by Crippen LogP contribution is 2.46. The lowest BCUT2D eigenvalue weighted by atomic mass is 10.0. The number of amides is 4. The van der Waals surface area contributed by atoms with Crippen molar-refractivity contribution in [1.82, 2.24) is 30.2 Å². The highest BCUT2D eigenvalue weighted by atomic mass is 32.2. The van der Waals surface area contributed by atoms with Gasteiger partial charge in [-0.2, -0.15) is 0 Å². The van der Waals surface area contributed by atoms with Crippen molar-refractivity contribution in [3.63, 3.8) is 0 Å². The van der Waals surface area contributed by atoms with Gasteiger partial charge in [-0.05, 0) is 77.5 Å². The van der Waals surface area contributed by atoms with Crippen LogP contribution >= 0.6 is 0 Å². The van der Waals surface area contributed by atoms with Gasteiger partial charge in [0.15, 0.2) is 0 Å². The van der Waals surface area contributed by atoms with E-state index in [9.17, 15) is 32.4 Å². The molecule has 274 valence electrons. The average Bonchev–Trinajstić information content (AvgIpc) is 3.99. The molecule has 0 radical (unpaired) electrons. The Morgan fingerprint density at radius 3 is 2.49 bits per heavy atom. The van der Waals surface area contributed by atoms with Crippen molar-refractivity contribution in [1.29, 1.82) is 0 Å². The molecule has 2 aromatic rings. The number of benzene rings is 1. The van der Waals surface area contributed by atoms with Crippen molar-refractivity contribution < 1.29 is 41.9 Å². The van der Waals surface area contributed by atoms with Crippen LogP contribution < -0.4 is 15.4 Å². The van der Waals surface area contributed by atoms with Gasteiger partial charge >= 0.3 is 12.1 Å². The molecule has 1 aromatic heterocycles. The van der Waals surface area contributed by atoms with E-state index in [1.807, 2.05) is 12.2 Å². The largest absolute Gasteiger partial charge is 0.457 e. The number of carbonyl (C=O) groups excluding carboxylic acids is 5. The van der Waals surface area contributed by atoms with Gasteiger partial charge in [0, 0.05) is 24.7 Å². The van der Waals surface area contributed by atoms with Crippen molar-refractivity contribution in [2.45, 2.75) is 113 Å². The van der Waals surface area contributed by atoms with Crippen LogP contribution in [-0.2, 0) is 33.9 Å². The van der Waals surface area contributed by atoms with Crippen LogP contribution in [-0.4, -0.2) is 94.2 Å². The summed E-state index contributed by atoms with van der Waals surface area (Å²) in [6.45, 7) is 4.94. The zero-order valence-electron chi connectivity index (χ0n) is 28.9. The molecule has 3 N–H and O–H groups in total. The van der Waals surface area contributed by atoms with Crippen molar-refractivity contribution in [3.8, 4) is 0 Å². The number of esters is 1. The summed E-state index contributed by atoms with van der Waals surface area (Å²) in [5.74, 6) is -3.26. The number of rotatable bonds is 6. The molecule has 15 nitrogen and oxygen atoms in total. The maximum atomic E-state index is 14.3. The number of hydrogen-bond acceptors (Lipinski definition) is 11. The van der Waals surface area contributed by atoms with Crippen molar-refractivity contribution in [3.05, 3.63) is 48.3 Å². The topological polar surface area (TPSA) is 203 Å². The number of ether oxygens (including phenoxy) is 2. The van der Waals surface area contributed by atoms with Gasteiger partial charge in [-0.3, -0.25) is 29.1 Å². The first kappa shape index (κ1) is 36.2. The quantitative estimate of drug-likeness (QED) is 0.292. The number of carbonyl (C=O) groups is 5. The molecule has 0 bridgehead atoms. The van der Waals surface area contributed by atoms with Gasteiger partial charge in [0.2, 0.25) is 21.8 Å². The Bertz CT molecular complexity index is 1860. The molecular weight excluding hydrogens is 680 g/mol. The first-order valence-corrected chi connectivity index (χ1v) is 19.0. The number of sulfonamides is 1. The lowest BCUT2D eigenvalue weighted by Crippen LogP contribution is -2.58. The smallest absolute Gasteiger partial charge is 0.408 e. The molecule has 1 aromatic carbocycles. The maximum Gasteiger partial charge on any atom is 0.408 e. The fraction of sp³-hybridized carbons (Fsp3) is 0.571. The van der Waals surface area contributed by atoms with Crippen LogP contribution in [0.2, 0.25) is 0 Å². The molecule has 51 heavy (non-hydrogen) atoms. The molecule has 3 heterocycles. The third-order valence-corrected chi connectivity index (χ3v) is 11.3. The summed E-state index contributed by atoms with van der Waals surface area (Å²) >= 11 is 0. The van der Waals surface area contributed by atoms with E-state index in [1.165, 1.54) is 23.4 Å². The fourth-order valence-electron chi connectivity index (χ4n) is 6.61. The minimum Gasteiger partial charge on any atom is -0.457 e. The normalized spacial score (nSPS) is 27.9. The standard InChI is InChI=1S/C35H44N6O9S/c1-34(2,3)50-33(46)38-26-10-8-6-4-5-7-9-22-19-35(22,32(45)40-51(47,48)24-12-13-24)39-29(42)28-18-23(20-41(28)30(26)43)49-31(44)21-11-14-25-27(17-21)37-16-15-36-25/h7,9,11,14-17,22-24,26,28H,4-6,8,10,12-13,18-20H2,1-3H3,(H,38,46)(H,39,42)(H,40,45)/b9-7-. The Morgan fingerprint density at radius 2 is 1.76 bits per heavy atom. The van der Waals surface area contributed by atoms with Gasteiger partial charge in [0.05, 0.1) is 28.4 Å². The van der Waals surface area contributed by atoms with Gasteiger partial charge < -0.3 is 25.0 Å².